The number of carbonyl (C=O) groups is 3. The van der Waals surface area contributed by atoms with Gasteiger partial charge in [0.1, 0.15) is 11.5 Å². The predicted octanol–water partition coefficient (Wildman–Crippen LogP) is 5.24. The van der Waals surface area contributed by atoms with Gasteiger partial charge in [-0.1, -0.05) is 24.3 Å². The molecule has 0 aliphatic heterocycles. The van der Waals surface area contributed by atoms with E-state index in [-0.39, 0.29) is 11.1 Å². The van der Waals surface area contributed by atoms with Gasteiger partial charge in [-0.05, 0) is 47.5 Å². The van der Waals surface area contributed by atoms with E-state index in [0.29, 0.717) is 12.1 Å². The molecule has 0 aliphatic carbocycles. The molecule has 0 amide bonds. The molecule has 2 aromatic rings. The van der Waals surface area contributed by atoms with E-state index in [0.717, 1.165) is 49.6 Å². The number of esters is 1. The van der Waals surface area contributed by atoms with Crippen molar-refractivity contribution in [1.29, 1.82) is 0 Å². The third-order valence-electron chi connectivity index (χ3n) is 4.48. The lowest BCUT2D eigenvalue weighted by molar-refractivity contribution is -0.145. The lowest BCUT2D eigenvalue weighted by Gasteiger charge is -2.14. The van der Waals surface area contributed by atoms with E-state index in [9.17, 15) is 45.8 Å². The summed E-state index contributed by atoms with van der Waals surface area (Å²) in [7, 11) is 1.04. The van der Waals surface area contributed by atoms with E-state index in [2.05, 4.69) is 4.74 Å². The molecule has 6 nitrogen and oxygen atoms in total. The molecule has 0 fully saturated rings. The number of allylic oxidation sites excluding steroid dienone is 2. The van der Waals surface area contributed by atoms with Gasteiger partial charge in [0.25, 0.3) is 0 Å². The van der Waals surface area contributed by atoms with Crippen molar-refractivity contribution in [2.24, 2.45) is 0 Å². The van der Waals surface area contributed by atoms with Crippen LogP contribution in [-0.2, 0) is 31.5 Å². The highest BCUT2D eigenvalue weighted by atomic mass is 19.4. The largest absolute Gasteiger partial charge is 0.507 e. The Labute approximate surface area is 200 Å². The second kappa shape index (κ2) is 11.6. The Hall–Kier alpha value is -4.09. The normalized spacial score (nSPS) is 12.2. The molecule has 0 aromatic heterocycles. The summed E-state index contributed by atoms with van der Waals surface area (Å²) >= 11 is 0. The number of benzene rings is 2. The maximum Gasteiger partial charge on any atom is 0.419 e. The maximum atomic E-state index is 13.3. The SMILES string of the molecule is COC(=O)COc1ccc(/C=C/C(=O)CC(=O)/C=C/c2ccc(O)c(C(F)(F)F)c2)cc1C(F)(F)F. The number of phenolic OH excluding ortho intramolecular Hbond substituents is 1. The van der Waals surface area contributed by atoms with E-state index in [1.807, 2.05) is 0 Å². The summed E-state index contributed by atoms with van der Waals surface area (Å²) in [5, 5.41) is 9.30. The summed E-state index contributed by atoms with van der Waals surface area (Å²) in [6.45, 7) is -0.745. The van der Waals surface area contributed by atoms with Crippen molar-refractivity contribution in [2.75, 3.05) is 13.7 Å². The second-order valence-corrected chi connectivity index (χ2v) is 7.17. The number of ether oxygens (including phenoxy) is 2. The molecule has 0 radical (unpaired) electrons. The lowest BCUT2D eigenvalue weighted by Crippen LogP contribution is -2.15. The molecule has 12 heteroatoms. The molecule has 36 heavy (non-hydrogen) atoms. The van der Waals surface area contributed by atoms with Crippen molar-refractivity contribution >= 4 is 29.7 Å². The number of ketones is 2. The van der Waals surface area contributed by atoms with Gasteiger partial charge < -0.3 is 14.6 Å². The fourth-order valence-corrected chi connectivity index (χ4v) is 2.75. The predicted molar refractivity (Wildman–Crippen MR) is 115 cm³/mol. The molecular formula is C24H18F6O6. The zero-order valence-electron chi connectivity index (χ0n) is 18.4. The molecular weight excluding hydrogens is 498 g/mol. The number of aromatic hydroxyl groups is 1. The number of hydrogen-bond donors (Lipinski definition) is 1. The molecule has 0 atom stereocenters. The van der Waals surface area contributed by atoms with Crippen molar-refractivity contribution < 1.29 is 55.3 Å². The number of methoxy groups -OCH3 is 1. The average Bonchev–Trinajstić information content (AvgIpc) is 2.79. The van der Waals surface area contributed by atoms with Crippen molar-refractivity contribution in [1.82, 2.24) is 0 Å². The van der Waals surface area contributed by atoms with Gasteiger partial charge >= 0.3 is 18.3 Å². The summed E-state index contributed by atoms with van der Waals surface area (Å²) in [5.74, 6) is -4.04. The van der Waals surface area contributed by atoms with Crippen LogP contribution < -0.4 is 4.74 Å². The van der Waals surface area contributed by atoms with Crippen LogP contribution in [0.15, 0.2) is 48.6 Å². The molecule has 0 saturated carbocycles. The van der Waals surface area contributed by atoms with Crippen LogP contribution in [0.3, 0.4) is 0 Å². The monoisotopic (exact) mass is 516 g/mol. The van der Waals surface area contributed by atoms with Crippen molar-refractivity contribution in [3.05, 3.63) is 70.8 Å². The van der Waals surface area contributed by atoms with Crippen LogP contribution in [0, 0.1) is 0 Å². The van der Waals surface area contributed by atoms with Gasteiger partial charge in [0.2, 0.25) is 0 Å². The third-order valence-corrected chi connectivity index (χ3v) is 4.48. The van der Waals surface area contributed by atoms with E-state index >= 15 is 0 Å². The number of alkyl halides is 6. The van der Waals surface area contributed by atoms with Gasteiger partial charge in [-0.2, -0.15) is 26.3 Å². The lowest BCUT2D eigenvalue weighted by atomic mass is 10.1. The number of hydrogen-bond acceptors (Lipinski definition) is 6. The fourth-order valence-electron chi connectivity index (χ4n) is 2.75. The fraction of sp³-hybridized carbons (Fsp3) is 0.208. The summed E-state index contributed by atoms with van der Waals surface area (Å²) in [5.41, 5.74) is -2.60. The Kier molecular flexibility index (Phi) is 9.04. The van der Waals surface area contributed by atoms with Gasteiger partial charge in [-0.15, -0.1) is 0 Å². The van der Waals surface area contributed by atoms with Crippen molar-refractivity contribution in [3.63, 3.8) is 0 Å². The molecule has 0 spiro atoms. The molecule has 1 N–H and O–H groups in total. The van der Waals surface area contributed by atoms with Crippen LogP contribution in [0.4, 0.5) is 26.3 Å². The summed E-state index contributed by atoms with van der Waals surface area (Å²) < 4.78 is 87.6. The number of halogens is 6. The zero-order valence-corrected chi connectivity index (χ0v) is 18.4. The highest BCUT2D eigenvalue weighted by molar-refractivity contribution is 6.10. The van der Waals surface area contributed by atoms with Gasteiger partial charge in [-0.25, -0.2) is 4.79 Å². The van der Waals surface area contributed by atoms with E-state index in [4.69, 9.17) is 4.74 Å². The highest BCUT2D eigenvalue weighted by Crippen LogP contribution is 2.37. The van der Waals surface area contributed by atoms with Crippen LogP contribution in [0.25, 0.3) is 12.2 Å². The number of rotatable bonds is 9. The Bertz CT molecular complexity index is 1190. The van der Waals surface area contributed by atoms with Crippen LogP contribution in [0.1, 0.15) is 28.7 Å². The van der Waals surface area contributed by atoms with E-state index in [1.165, 1.54) is 6.07 Å². The Morgan fingerprint density at radius 1 is 0.833 bits per heavy atom. The Morgan fingerprint density at radius 2 is 1.33 bits per heavy atom. The minimum Gasteiger partial charge on any atom is -0.507 e. The van der Waals surface area contributed by atoms with Gasteiger partial charge in [0.05, 0.1) is 24.7 Å². The summed E-state index contributed by atoms with van der Waals surface area (Å²) in [6, 6.07) is 5.39. The number of carbonyl (C=O) groups excluding carboxylic acids is 3. The standard InChI is InChI=1S/C24H18F6O6/c1-35-22(34)13-36-21-9-5-15(11-19(21)24(28,29)30)3-7-17(32)12-16(31)6-2-14-4-8-20(33)18(10-14)23(25,26)27/h2-11,33H,12-13H2,1H3/b6-2+,7-3+. The first-order valence-corrected chi connectivity index (χ1v) is 9.93. The van der Waals surface area contributed by atoms with E-state index in [1.54, 1.807) is 0 Å². The second-order valence-electron chi connectivity index (χ2n) is 7.17. The molecule has 2 rings (SSSR count). The van der Waals surface area contributed by atoms with Gasteiger partial charge in [0, 0.05) is 0 Å². The van der Waals surface area contributed by atoms with Gasteiger partial charge in [-0.3, -0.25) is 9.59 Å². The summed E-state index contributed by atoms with van der Waals surface area (Å²) in [6.07, 6.45) is -6.53. The van der Waals surface area contributed by atoms with Crippen LogP contribution >= 0.6 is 0 Å². The smallest absolute Gasteiger partial charge is 0.419 e. The number of phenols is 1. The highest BCUT2D eigenvalue weighted by Gasteiger charge is 2.35. The molecule has 0 saturated heterocycles. The minimum absolute atomic E-state index is 0.0483. The van der Waals surface area contributed by atoms with Crippen LogP contribution in [0.2, 0.25) is 0 Å². The average molecular weight is 516 g/mol. The maximum absolute atomic E-state index is 13.3. The molecule has 0 unspecified atom stereocenters. The summed E-state index contributed by atoms with van der Waals surface area (Å²) in [4.78, 5) is 35.1. The molecule has 0 bridgehead atoms. The first-order valence-electron chi connectivity index (χ1n) is 9.93. The molecule has 0 heterocycles. The van der Waals surface area contributed by atoms with Gasteiger partial charge in [0.15, 0.2) is 18.2 Å². The topological polar surface area (TPSA) is 89.9 Å². The van der Waals surface area contributed by atoms with Crippen molar-refractivity contribution in [3.8, 4) is 11.5 Å². The first-order chi connectivity index (χ1) is 16.7. The Balaban J connectivity index is 2.08. The molecule has 2 aromatic carbocycles. The third kappa shape index (κ3) is 8.29. The molecule has 0 aliphatic rings. The zero-order chi connectivity index (χ0) is 27.1. The Morgan fingerprint density at radius 3 is 1.83 bits per heavy atom. The molecule has 192 valence electrons. The van der Waals surface area contributed by atoms with E-state index < -0.39 is 65.5 Å². The van der Waals surface area contributed by atoms with Crippen molar-refractivity contribution in [2.45, 2.75) is 18.8 Å². The van der Waals surface area contributed by atoms with Crippen LogP contribution in [0.5, 0.6) is 11.5 Å². The van der Waals surface area contributed by atoms with Crippen LogP contribution in [-0.4, -0.2) is 36.4 Å². The first kappa shape index (κ1) is 28.1. The quantitative estimate of drug-likeness (QED) is 0.212. The minimum atomic E-state index is -4.83.